The van der Waals surface area contributed by atoms with Crippen molar-refractivity contribution in [2.24, 2.45) is 5.73 Å². The van der Waals surface area contributed by atoms with Crippen molar-refractivity contribution in [2.75, 3.05) is 13.1 Å². The minimum absolute atomic E-state index is 0.115. The molecule has 7 nitrogen and oxygen atoms in total. The molecule has 0 aliphatic carbocycles. The third kappa shape index (κ3) is 2.71. The van der Waals surface area contributed by atoms with Gasteiger partial charge in [-0.05, 0) is 18.6 Å². The standard InChI is InChI=1S/C10H12ClN3O4S/c11-7-1-2-10(9(5-7)14(15)16)19(17,18)13-4-3-8(12)6-13/h1-2,5,8H,3-4,6,12H2/t8-/m1/s1. The second-order valence-electron chi connectivity index (χ2n) is 4.28. The Morgan fingerprint density at radius 1 is 1.47 bits per heavy atom. The molecule has 1 saturated heterocycles. The van der Waals surface area contributed by atoms with Gasteiger partial charge in [0.15, 0.2) is 4.90 Å². The normalized spacial score (nSPS) is 20.6. The number of rotatable bonds is 3. The van der Waals surface area contributed by atoms with Crippen LogP contribution in [0.3, 0.4) is 0 Å². The van der Waals surface area contributed by atoms with Gasteiger partial charge in [-0.25, -0.2) is 8.42 Å². The van der Waals surface area contributed by atoms with E-state index in [0.717, 1.165) is 16.4 Å². The van der Waals surface area contributed by atoms with Crippen LogP contribution in [0.4, 0.5) is 5.69 Å². The van der Waals surface area contributed by atoms with Gasteiger partial charge in [0.25, 0.3) is 5.69 Å². The first kappa shape index (κ1) is 14.2. The van der Waals surface area contributed by atoms with E-state index in [9.17, 15) is 18.5 Å². The van der Waals surface area contributed by atoms with Crippen molar-refractivity contribution in [3.8, 4) is 0 Å². The van der Waals surface area contributed by atoms with Crippen LogP contribution in [0, 0.1) is 10.1 Å². The SMILES string of the molecule is N[C@@H]1CCN(S(=O)(=O)c2ccc(Cl)cc2[N+](=O)[O-])C1. The summed E-state index contributed by atoms with van der Waals surface area (Å²) in [6, 6.07) is 3.27. The van der Waals surface area contributed by atoms with Crippen molar-refractivity contribution < 1.29 is 13.3 Å². The zero-order chi connectivity index (χ0) is 14.2. The number of benzene rings is 1. The minimum atomic E-state index is -3.91. The highest BCUT2D eigenvalue weighted by Crippen LogP contribution is 2.30. The van der Waals surface area contributed by atoms with E-state index in [-0.39, 0.29) is 29.0 Å². The van der Waals surface area contributed by atoms with E-state index in [4.69, 9.17) is 17.3 Å². The van der Waals surface area contributed by atoms with Gasteiger partial charge < -0.3 is 5.73 Å². The summed E-state index contributed by atoms with van der Waals surface area (Å²) in [7, 11) is -3.91. The van der Waals surface area contributed by atoms with Crippen LogP contribution in [0.25, 0.3) is 0 Å². The molecular formula is C10H12ClN3O4S. The molecule has 0 aromatic heterocycles. The molecule has 0 spiro atoms. The Hall–Kier alpha value is -1.22. The van der Waals surface area contributed by atoms with Crippen molar-refractivity contribution in [2.45, 2.75) is 17.4 Å². The zero-order valence-corrected chi connectivity index (χ0v) is 11.4. The van der Waals surface area contributed by atoms with E-state index < -0.39 is 20.6 Å². The van der Waals surface area contributed by atoms with Crippen LogP contribution in [-0.4, -0.2) is 36.8 Å². The molecule has 0 bridgehead atoms. The maximum absolute atomic E-state index is 12.3. The first-order valence-electron chi connectivity index (χ1n) is 5.52. The fourth-order valence-electron chi connectivity index (χ4n) is 1.96. The Bertz CT molecular complexity index is 619. The summed E-state index contributed by atoms with van der Waals surface area (Å²) in [6.07, 6.45) is 0.542. The Morgan fingerprint density at radius 3 is 2.68 bits per heavy atom. The van der Waals surface area contributed by atoms with E-state index in [1.807, 2.05) is 0 Å². The van der Waals surface area contributed by atoms with Crippen molar-refractivity contribution in [3.63, 3.8) is 0 Å². The summed E-state index contributed by atoms with van der Waals surface area (Å²) in [4.78, 5) is 9.83. The molecule has 0 saturated carbocycles. The van der Waals surface area contributed by atoms with Gasteiger partial charge in [0.2, 0.25) is 10.0 Å². The minimum Gasteiger partial charge on any atom is -0.326 e. The quantitative estimate of drug-likeness (QED) is 0.661. The average Bonchev–Trinajstić information content (AvgIpc) is 2.76. The van der Waals surface area contributed by atoms with Crippen molar-refractivity contribution in [3.05, 3.63) is 33.3 Å². The topological polar surface area (TPSA) is 107 Å². The third-order valence-electron chi connectivity index (χ3n) is 2.92. The first-order valence-corrected chi connectivity index (χ1v) is 7.34. The first-order chi connectivity index (χ1) is 8.82. The maximum Gasteiger partial charge on any atom is 0.290 e. The molecule has 1 heterocycles. The molecule has 0 radical (unpaired) electrons. The molecule has 9 heteroatoms. The predicted octanol–water partition coefficient (Wildman–Crippen LogP) is 0.970. The monoisotopic (exact) mass is 305 g/mol. The Balaban J connectivity index is 2.49. The molecule has 19 heavy (non-hydrogen) atoms. The van der Waals surface area contributed by atoms with Gasteiger partial charge in [-0.3, -0.25) is 10.1 Å². The van der Waals surface area contributed by atoms with Crippen LogP contribution in [0.2, 0.25) is 5.02 Å². The van der Waals surface area contributed by atoms with E-state index in [1.54, 1.807) is 0 Å². The smallest absolute Gasteiger partial charge is 0.290 e. The van der Waals surface area contributed by atoms with Crippen LogP contribution in [0.5, 0.6) is 0 Å². The summed E-state index contributed by atoms with van der Waals surface area (Å²) in [5, 5.41) is 11.1. The molecule has 1 fully saturated rings. The second-order valence-corrected chi connectivity index (χ2v) is 6.62. The number of sulfonamides is 1. The number of hydrogen-bond donors (Lipinski definition) is 1. The van der Waals surface area contributed by atoms with Gasteiger partial charge in [-0.2, -0.15) is 4.31 Å². The fraction of sp³-hybridized carbons (Fsp3) is 0.400. The van der Waals surface area contributed by atoms with Gasteiger partial charge in [-0.15, -0.1) is 0 Å². The lowest BCUT2D eigenvalue weighted by atomic mass is 10.3. The second kappa shape index (κ2) is 5.04. The average molecular weight is 306 g/mol. The van der Waals surface area contributed by atoms with Crippen molar-refractivity contribution in [1.29, 1.82) is 0 Å². The highest BCUT2D eigenvalue weighted by Gasteiger charge is 2.35. The van der Waals surface area contributed by atoms with Crippen LogP contribution >= 0.6 is 11.6 Å². The largest absolute Gasteiger partial charge is 0.326 e. The van der Waals surface area contributed by atoms with Gasteiger partial charge in [0.1, 0.15) is 0 Å². The number of hydrogen-bond acceptors (Lipinski definition) is 5. The number of nitrogens with zero attached hydrogens (tertiary/aromatic N) is 2. The van der Waals surface area contributed by atoms with Gasteiger partial charge in [-0.1, -0.05) is 11.6 Å². The van der Waals surface area contributed by atoms with Crippen molar-refractivity contribution in [1.82, 2.24) is 4.31 Å². The molecule has 1 atom stereocenters. The molecule has 0 amide bonds. The lowest BCUT2D eigenvalue weighted by Gasteiger charge is -2.15. The molecular weight excluding hydrogens is 294 g/mol. The Morgan fingerprint density at radius 2 is 2.16 bits per heavy atom. The summed E-state index contributed by atoms with van der Waals surface area (Å²) in [5.74, 6) is 0. The van der Waals surface area contributed by atoms with Crippen LogP contribution < -0.4 is 5.73 Å². The number of halogens is 1. The molecule has 1 aromatic carbocycles. The zero-order valence-electron chi connectivity index (χ0n) is 9.82. The molecule has 1 aliphatic heterocycles. The van der Waals surface area contributed by atoms with Crippen LogP contribution in [0.15, 0.2) is 23.1 Å². The number of nitrogens with two attached hydrogens (primary N) is 1. The van der Waals surface area contributed by atoms with Gasteiger partial charge in [0.05, 0.1) is 4.92 Å². The molecule has 1 aliphatic rings. The summed E-state index contributed by atoms with van der Waals surface area (Å²) >= 11 is 5.66. The molecule has 2 rings (SSSR count). The highest BCUT2D eigenvalue weighted by molar-refractivity contribution is 7.89. The fourth-order valence-corrected chi connectivity index (χ4v) is 3.78. The molecule has 1 aromatic rings. The summed E-state index contributed by atoms with van der Waals surface area (Å²) in [5.41, 5.74) is 5.14. The maximum atomic E-state index is 12.3. The number of nitro groups is 1. The number of nitro benzene ring substituents is 1. The van der Waals surface area contributed by atoms with E-state index in [2.05, 4.69) is 0 Å². The van der Waals surface area contributed by atoms with Crippen molar-refractivity contribution >= 4 is 27.3 Å². The van der Waals surface area contributed by atoms with Gasteiger partial charge in [0, 0.05) is 30.2 Å². The summed E-state index contributed by atoms with van der Waals surface area (Å²) in [6.45, 7) is 0.436. The molecule has 2 N–H and O–H groups in total. The van der Waals surface area contributed by atoms with E-state index in [0.29, 0.717) is 6.42 Å². The highest BCUT2D eigenvalue weighted by atomic mass is 35.5. The van der Waals surface area contributed by atoms with Gasteiger partial charge >= 0.3 is 0 Å². The molecule has 104 valence electrons. The molecule has 0 unspecified atom stereocenters. The third-order valence-corrected chi connectivity index (χ3v) is 5.07. The Kier molecular flexibility index (Phi) is 3.77. The predicted molar refractivity (Wildman–Crippen MR) is 69.5 cm³/mol. The van der Waals surface area contributed by atoms with E-state index >= 15 is 0 Å². The Labute approximate surface area is 115 Å². The van der Waals surface area contributed by atoms with E-state index in [1.165, 1.54) is 6.07 Å². The lowest BCUT2D eigenvalue weighted by molar-refractivity contribution is -0.387. The van der Waals surface area contributed by atoms with Crippen LogP contribution in [-0.2, 0) is 10.0 Å². The van der Waals surface area contributed by atoms with Crippen LogP contribution in [0.1, 0.15) is 6.42 Å². The summed E-state index contributed by atoms with van der Waals surface area (Å²) < 4.78 is 25.8. The lowest BCUT2D eigenvalue weighted by Crippen LogP contribution is -2.32.